The van der Waals surface area contributed by atoms with Crippen molar-refractivity contribution in [2.75, 3.05) is 7.11 Å². The van der Waals surface area contributed by atoms with E-state index in [1.165, 1.54) is 25.3 Å². The average Bonchev–Trinajstić information content (AvgIpc) is 2.60. The minimum atomic E-state index is -1.22. The summed E-state index contributed by atoms with van der Waals surface area (Å²) in [7, 11) is 1.19. The zero-order chi connectivity index (χ0) is 17.5. The van der Waals surface area contributed by atoms with Crippen molar-refractivity contribution in [2.45, 2.75) is 12.5 Å². The van der Waals surface area contributed by atoms with E-state index in [1.807, 2.05) is 0 Å². The number of esters is 2. The number of carbonyl (C=O) groups is 2. The van der Waals surface area contributed by atoms with Gasteiger partial charge in [0.05, 0.1) is 18.5 Å². The number of carbonyl (C=O) groups excluding carboxylic acids is 2. The summed E-state index contributed by atoms with van der Waals surface area (Å²) in [5.41, 5.74) is 0.494. The molecule has 0 unspecified atom stereocenters. The SMILES string of the molecule is COC(=O)[C@@H](OC(=O)Cc1ccccc1[N+](=O)[O-])c1ccccc1. The summed E-state index contributed by atoms with van der Waals surface area (Å²) in [6.07, 6.45) is -1.54. The van der Waals surface area contributed by atoms with E-state index in [0.29, 0.717) is 5.56 Å². The highest BCUT2D eigenvalue weighted by Crippen LogP contribution is 2.22. The predicted octanol–water partition coefficient (Wildman–Crippen LogP) is 2.59. The van der Waals surface area contributed by atoms with Crippen molar-refractivity contribution >= 4 is 17.6 Å². The Bertz CT molecular complexity index is 744. The van der Waals surface area contributed by atoms with Gasteiger partial charge >= 0.3 is 11.9 Å². The van der Waals surface area contributed by atoms with Crippen LogP contribution in [0.2, 0.25) is 0 Å². The Labute approximate surface area is 138 Å². The molecule has 0 fully saturated rings. The van der Waals surface area contributed by atoms with Gasteiger partial charge in [-0.15, -0.1) is 0 Å². The van der Waals surface area contributed by atoms with Crippen molar-refractivity contribution in [3.05, 3.63) is 75.8 Å². The molecule has 0 heterocycles. The van der Waals surface area contributed by atoms with Gasteiger partial charge in [0, 0.05) is 17.2 Å². The number of ether oxygens (including phenoxy) is 2. The van der Waals surface area contributed by atoms with Crippen molar-refractivity contribution in [2.24, 2.45) is 0 Å². The minimum absolute atomic E-state index is 0.177. The molecule has 7 heteroatoms. The fraction of sp³-hybridized carbons (Fsp3) is 0.176. The molecule has 2 rings (SSSR count). The number of para-hydroxylation sites is 1. The highest BCUT2D eigenvalue weighted by molar-refractivity contribution is 5.82. The number of hydrogen-bond acceptors (Lipinski definition) is 6. The highest BCUT2D eigenvalue weighted by Gasteiger charge is 2.26. The first-order valence-corrected chi connectivity index (χ1v) is 7.07. The van der Waals surface area contributed by atoms with Gasteiger partial charge in [-0.25, -0.2) is 4.79 Å². The van der Waals surface area contributed by atoms with Crippen molar-refractivity contribution < 1.29 is 24.0 Å². The van der Waals surface area contributed by atoms with Crippen LogP contribution < -0.4 is 0 Å². The summed E-state index contributed by atoms with van der Waals surface area (Å²) in [4.78, 5) is 34.4. The highest BCUT2D eigenvalue weighted by atomic mass is 16.6. The molecule has 124 valence electrons. The number of nitrogens with zero attached hydrogens (tertiary/aromatic N) is 1. The van der Waals surface area contributed by atoms with Gasteiger partial charge in [0.25, 0.3) is 5.69 Å². The van der Waals surface area contributed by atoms with Crippen molar-refractivity contribution in [3.8, 4) is 0 Å². The second-order valence-electron chi connectivity index (χ2n) is 4.87. The van der Waals surface area contributed by atoms with E-state index in [2.05, 4.69) is 4.74 Å². The molecule has 0 aliphatic heterocycles. The van der Waals surface area contributed by atoms with Crippen LogP contribution in [0.25, 0.3) is 0 Å². The molecule has 2 aromatic rings. The lowest BCUT2D eigenvalue weighted by atomic mass is 10.1. The van der Waals surface area contributed by atoms with E-state index in [4.69, 9.17) is 4.74 Å². The minimum Gasteiger partial charge on any atom is -0.466 e. The van der Waals surface area contributed by atoms with Gasteiger partial charge in [0.15, 0.2) is 0 Å². The predicted molar refractivity (Wildman–Crippen MR) is 84.1 cm³/mol. The molecule has 24 heavy (non-hydrogen) atoms. The van der Waals surface area contributed by atoms with E-state index in [1.54, 1.807) is 36.4 Å². The molecule has 2 aromatic carbocycles. The second kappa shape index (κ2) is 7.87. The van der Waals surface area contributed by atoms with Gasteiger partial charge in [-0.3, -0.25) is 14.9 Å². The number of nitro benzene ring substituents is 1. The van der Waals surface area contributed by atoms with Crippen LogP contribution in [0, 0.1) is 10.1 Å². The van der Waals surface area contributed by atoms with E-state index in [0.717, 1.165) is 0 Å². The Morgan fingerprint density at radius 1 is 1.08 bits per heavy atom. The fourth-order valence-electron chi connectivity index (χ4n) is 2.15. The quantitative estimate of drug-likeness (QED) is 0.459. The van der Waals surface area contributed by atoms with Gasteiger partial charge < -0.3 is 9.47 Å². The molecular formula is C17H15NO6. The number of benzene rings is 2. The molecule has 0 N–H and O–H groups in total. The lowest BCUT2D eigenvalue weighted by Crippen LogP contribution is -2.22. The summed E-state index contributed by atoms with van der Waals surface area (Å²) in [5, 5.41) is 11.0. The zero-order valence-corrected chi connectivity index (χ0v) is 12.9. The van der Waals surface area contributed by atoms with Crippen LogP contribution in [0.1, 0.15) is 17.2 Å². The molecule has 0 spiro atoms. The van der Waals surface area contributed by atoms with Gasteiger partial charge in [-0.1, -0.05) is 48.5 Å². The first-order valence-electron chi connectivity index (χ1n) is 7.07. The van der Waals surface area contributed by atoms with Crippen LogP contribution in [0.5, 0.6) is 0 Å². The van der Waals surface area contributed by atoms with Crippen molar-refractivity contribution in [3.63, 3.8) is 0 Å². The number of hydrogen-bond donors (Lipinski definition) is 0. The third-order valence-corrected chi connectivity index (χ3v) is 3.29. The standard InChI is InChI=1S/C17H15NO6/c1-23-17(20)16(12-7-3-2-4-8-12)24-15(19)11-13-9-5-6-10-14(13)18(21)22/h2-10,16H,11H2,1H3/t16-/m0/s1. The maximum atomic E-state index is 12.1. The first kappa shape index (κ1) is 17.1. The van der Waals surface area contributed by atoms with Gasteiger partial charge in [-0.2, -0.15) is 0 Å². The monoisotopic (exact) mass is 329 g/mol. The zero-order valence-electron chi connectivity index (χ0n) is 12.9. The molecular weight excluding hydrogens is 314 g/mol. The third-order valence-electron chi connectivity index (χ3n) is 3.29. The molecule has 0 aliphatic rings. The molecule has 1 atom stereocenters. The molecule has 0 aliphatic carbocycles. The van der Waals surface area contributed by atoms with Crippen LogP contribution in [0.4, 0.5) is 5.69 Å². The Kier molecular flexibility index (Phi) is 5.62. The largest absolute Gasteiger partial charge is 0.466 e. The van der Waals surface area contributed by atoms with Crippen LogP contribution in [0.15, 0.2) is 54.6 Å². The van der Waals surface area contributed by atoms with Crippen LogP contribution >= 0.6 is 0 Å². The maximum absolute atomic E-state index is 12.1. The summed E-state index contributed by atoms with van der Waals surface area (Å²) < 4.78 is 9.85. The maximum Gasteiger partial charge on any atom is 0.351 e. The number of nitro groups is 1. The molecule has 0 saturated carbocycles. The molecule has 0 bridgehead atoms. The average molecular weight is 329 g/mol. The molecule has 0 amide bonds. The molecule has 0 saturated heterocycles. The summed E-state index contributed by atoms with van der Waals surface area (Å²) in [5.74, 6) is -1.49. The van der Waals surface area contributed by atoms with Crippen LogP contribution in [-0.4, -0.2) is 24.0 Å². The van der Waals surface area contributed by atoms with Gasteiger partial charge in [0.1, 0.15) is 0 Å². The van der Waals surface area contributed by atoms with Gasteiger partial charge in [0.2, 0.25) is 6.10 Å². The molecule has 0 radical (unpaired) electrons. The number of rotatable bonds is 6. The molecule has 0 aromatic heterocycles. The Morgan fingerprint density at radius 3 is 2.33 bits per heavy atom. The van der Waals surface area contributed by atoms with E-state index in [9.17, 15) is 19.7 Å². The Hall–Kier alpha value is -3.22. The second-order valence-corrected chi connectivity index (χ2v) is 4.87. The van der Waals surface area contributed by atoms with E-state index >= 15 is 0 Å². The lowest BCUT2D eigenvalue weighted by Gasteiger charge is -2.16. The lowest BCUT2D eigenvalue weighted by molar-refractivity contribution is -0.385. The van der Waals surface area contributed by atoms with Gasteiger partial charge in [-0.05, 0) is 0 Å². The Balaban J connectivity index is 2.17. The summed E-state index contributed by atoms with van der Waals surface area (Å²) >= 11 is 0. The smallest absolute Gasteiger partial charge is 0.351 e. The topological polar surface area (TPSA) is 95.7 Å². The van der Waals surface area contributed by atoms with E-state index in [-0.39, 0.29) is 17.7 Å². The van der Waals surface area contributed by atoms with Crippen molar-refractivity contribution in [1.82, 2.24) is 0 Å². The fourth-order valence-corrected chi connectivity index (χ4v) is 2.15. The van der Waals surface area contributed by atoms with E-state index < -0.39 is 23.0 Å². The first-order chi connectivity index (χ1) is 11.5. The Morgan fingerprint density at radius 2 is 1.71 bits per heavy atom. The van der Waals surface area contributed by atoms with Crippen LogP contribution in [0.3, 0.4) is 0 Å². The third kappa shape index (κ3) is 4.16. The van der Waals surface area contributed by atoms with Crippen LogP contribution in [-0.2, 0) is 25.5 Å². The summed E-state index contributed by atoms with van der Waals surface area (Å²) in [6.45, 7) is 0. The normalized spacial score (nSPS) is 11.4. The number of methoxy groups -OCH3 is 1. The molecule has 7 nitrogen and oxygen atoms in total. The summed E-state index contributed by atoms with van der Waals surface area (Å²) in [6, 6.07) is 14.3. The van der Waals surface area contributed by atoms with Crippen molar-refractivity contribution in [1.29, 1.82) is 0 Å².